The van der Waals surface area contributed by atoms with Crippen LogP contribution < -0.4 is 10.2 Å². The van der Waals surface area contributed by atoms with Gasteiger partial charge in [0.25, 0.3) is 0 Å². The third-order valence-corrected chi connectivity index (χ3v) is 3.46. The maximum atomic E-state index is 14.3. The Morgan fingerprint density at radius 1 is 1.38 bits per heavy atom. The van der Waals surface area contributed by atoms with Crippen LogP contribution in [-0.2, 0) is 11.3 Å². The highest BCUT2D eigenvalue weighted by molar-refractivity contribution is 5.51. The zero-order valence-corrected chi connectivity index (χ0v) is 12.6. The van der Waals surface area contributed by atoms with Gasteiger partial charge in [-0.3, -0.25) is 0 Å². The second-order valence-electron chi connectivity index (χ2n) is 6.00. The maximum absolute atomic E-state index is 14.3. The third kappa shape index (κ3) is 3.70. The van der Waals surface area contributed by atoms with Crippen LogP contribution in [0.4, 0.5) is 14.5 Å². The summed E-state index contributed by atoms with van der Waals surface area (Å²) in [6.07, 6.45) is -0.454. The summed E-state index contributed by atoms with van der Waals surface area (Å²) in [6.45, 7) is 4.53. The molecule has 2 rings (SSSR count). The molecule has 0 aromatic heterocycles. The van der Waals surface area contributed by atoms with Crippen LogP contribution in [0.3, 0.4) is 0 Å². The quantitative estimate of drug-likeness (QED) is 0.888. The van der Waals surface area contributed by atoms with E-state index in [4.69, 9.17) is 4.74 Å². The molecule has 1 atom stereocenters. The number of anilines is 1. The molecular weight excluding hydrogens is 278 g/mol. The van der Waals surface area contributed by atoms with Crippen molar-refractivity contribution < 1.29 is 18.6 Å². The molecule has 1 unspecified atom stereocenters. The first-order valence-electron chi connectivity index (χ1n) is 7.02. The minimum absolute atomic E-state index is 0.0512. The first-order valence-corrected chi connectivity index (χ1v) is 7.02. The number of nitrogens with one attached hydrogen (secondary N) is 1. The highest BCUT2D eigenvalue weighted by atomic mass is 19.1. The number of hydrogen-bond acceptors (Lipinski definition) is 4. The molecule has 0 radical (unpaired) electrons. The van der Waals surface area contributed by atoms with Crippen molar-refractivity contribution in [1.82, 2.24) is 5.32 Å². The summed E-state index contributed by atoms with van der Waals surface area (Å²) in [5, 5.41) is 12.2. The van der Waals surface area contributed by atoms with Crippen molar-refractivity contribution in [2.45, 2.75) is 32.1 Å². The number of nitrogens with zero attached hydrogens (tertiary/aromatic N) is 1. The number of rotatable bonds is 4. The molecule has 1 saturated heterocycles. The van der Waals surface area contributed by atoms with E-state index in [0.29, 0.717) is 18.7 Å². The lowest BCUT2D eigenvalue weighted by atomic mass is 10.0. The fraction of sp³-hybridized carbons (Fsp3) is 0.600. The second-order valence-corrected chi connectivity index (χ2v) is 6.00. The van der Waals surface area contributed by atoms with Crippen LogP contribution in [0, 0.1) is 11.6 Å². The minimum atomic E-state index is -0.588. The molecular formula is C15H22F2N2O2. The molecule has 1 fully saturated rings. The SMILES string of the molecule is CNCc1cc(F)c(N2CC(CO)OC(C)(C)C2)c(F)c1. The first-order chi connectivity index (χ1) is 9.86. The van der Waals surface area contributed by atoms with E-state index in [9.17, 15) is 13.9 Å². The lowest BCUT2D eigenvalue weighted by Crippen LogP contribution is -2.54. The van der Waals surface area contributed by atoms with E-state index >= 15 is 0 Å². The van der Waals surface area contributed by atoms with Gasteiger partial charge in [0, 0.05) is 19.6 Å². The van der Waals surface area contributed by atoms with Crippen LogP contribution in [0.1, 0.15) is 19.4 Å². The van der Waals surface area contributed by atoms with E-state index in [1.807, 2.05) is 13.8 Å². The van der Waals surface area contributed by atoms with Gasteiger partial charge in [-0.25, -0.2) is 8.78 Å². The van der Waals surface area contributed by atoms with Gasteiger partial charge in [0.1, 0.15) is 17.3 Å². The van der Waals surface area contributed by atoms with Gasteiger partial charge in [-0.15, -0.1) is 0 Å². The van der Waals surface area contributed by atoms with Crippen LogP contribution in [0.25, 0.3) is 0 Å². The molecule has 1 heterocycles. The number of aliphatic hydroxyl groups is 1. The van der Waals surface area contributed by atoms with Gasteiger partial charge in [-0.05, 0) is 38.6 Å². The average molecular weight is 300 g/mol. The summed E-state index contributed by atoms with van der Waals surface area (Å²) < 4.78 is 34.2. The van der Waals surface area contributed by atoms with E-state index in [1.165, 1.54) is 12.1 Å². The Labute approximate surface area is 123 Å². The largest absolute Gasteiger partial charge is 0.394 e. The van der Waals surface area contributed by atoms with Crippen molar-refractivity contribution >= 4 is 5.69 Å². The van der Waals surface area contributed by atoms with Gasteiger partial charge in [0.15, 0.2) is 0 Å². The predicted molar refractivity (Wildman–Crippen MR) is 77.4 cm³/mol. The highest BCUT2D eigenvalue weighted by Gasteiger charge is 2.35. The number of morpholine rings is 1. The number of ether oxygens (including phenoxy) is 1. The van der Waals surface area contributed by atoms with Gasteiger partial charge in [0.2, 0.25) is 0 Å². The summed E-state index contributed by atoms with van der Waals surface area (Å²) in [6, 6.07) is 2.68. The Morgan fingerprint density at radius 2 is 2.00 bits per heavy atom. The fourth-order valence-electron chi connectivity index (χ4n) is 2.79. The Morgan fingerprint density at radius 3 is 2.52 bits per heavy atom. The lowest BCUT2D eigenvalue weighted by Gasteiger charge is -2.43. The molecule has 0 bridgehead atoms. The molecule has 118 valence electrons. The number of benzene rings is 1. The summed E-state index contributed by atoms with van der Waals surface area (Å²) in [5.41, 5.74) is -0.0686. The van der Waals surface area contributed by atoms with Gasteiger partial charge >= 0.3 is 0 Å². The third-order valence-electron chi connectivity index (χ3n) is 3.46. The molecule has 1 aromatic rings. The van der Waals surface area contributed by atoms with Crippen molar-refractivity contribution in [2.75, 3.05) is 31.6 Å². The van der Waals surface area contributed by atoms with Crippen molar-refractivity contribution in [1.29, 1.82) is 0 Å². The molecule has 1 aromatic carbocycles. The molecule has 0 amide bonds. The summed E-state index contributed by atoms with van der Waals surface area (Å²) in [7, 11) is 1.72. The fourth-order valence-corrected chi connectivity index (χ4v) is 2.79. The topological polar surface area (TPSA) is 44.7 Å². The molecule has 0 aliphatic carbocycles. The van der Waals surface area contributed by atoms with Gasteiger partial charge in [-0.1, -0.05) is 0 Å². The van der Waals surface area contributed by atoms with E-state index in [1.54, 1.807) is 11.9 Å². The summed E-state index contributed by atoms with van der Waals surface area (Å²) in [4.78, 5) is 1.61. The standard InChI is InChI=1S/C15H22F2N2O2/c1-15(2)9-19(7-11(8-20)21-15)14-12(16)4-10(6-18-3)5-13(14)17/h4-5,11,18,20H,6-9H2,1-3H3. The highest BCUT2D eigenvalue weighted by Crippen LogP contribution is 2.30. The van der Waals surface area contributed by atoms with Gasteiger partial charge in [-0.2, -0.15) is 0 Å². The Hall–Kier alpha value is -1.24. The smallest absolute Gasteiger partial charge is 0.149 e. The molecule has 6 heteroatoms. The molecule has 21 heavy (non-hydrogen) atoms. The van der Waals surface area contributed by atoms with E-state index < -0.39 is 23.3 Å². The van der Waals surface area contributed by atoms with Crippen LogP contribution in [0.2, 0.25) is 0 Å². The molecule has 4 nitrogen and oxygen atoms in total. The van der Waals surface area contributed by atoms with Crippen molar-refractivity contribution in [2.24, 2.45) is 0 Å². The molecule has 1 aliphatic rings. The maximum Gasteiger partial charge on any atom is 0.149 e. The van der Waals surface area contributed by atoms with Crippen molar-refractivity contribution in [3.8, 4) is 0 Å². The minimum Gasteiger partial charge on any atom is -0.394 e. The van der Waals surface area contributed by atoms with E-state index in [2.05, 4.69) is 5.32 Å². The first kappa shape index (κ1) is 16.1. The normalized spacial score (nSPS) is 21.6. The second kappa shape index (κ2) is 6.25. The van der Waals surface area contributed by atoms with Gasteiger partial charge < -0.3 is 20.1 Å². The molecule has 0 spiro atoms. The Balaban J connectivity index is 2.32. The van der Waals surface area contributed by atoms with Crippen LogP contribution in [-0.4, -0.2) is 43.6 Å². The van der Waals surface area contributed by atoms with Gasteiger partial charge in [0.05, 0.1) is 18.3 Å². The summed E-state index contributed by atoms with van der Waals surface area (Å²) >= 11 is 0. The Bertz CT molecular complexity index is 485. The summed E-state index contributed by atoms with van der Waals surface area (Å²) in [5.74, 6) is -1.18. The predicted octanol–water partition coefficient (Wildman–Crippen LogP) is 1.66. The zero-order valence-electron chi connectivity index (χ0n) is 12.6. The van der Waals surface area contributed by atoms with Crippen molar-refractivity contribution in [3.63, 3.8) is 0 Å². The molecule has 0 saturated carbocycles. The van der Waals surface area contributed by atoms with Crippen LogP contribution in [0.5, 0.6) is 0 Å². The zero-order chi connectivity index (χ0) is 15.6. The number of halogens is 2. The van der Waals surface area contributed by atoms with Crippen molar-refractivity contribution in [3.05, 3.63) is 29.3 Å². The average Bonchev–Trinajstić information content (AvgIpc) is 2.36. The molecule has 2 N–H and O–H groups in total. The van der Waals surface area contributed by atoms with E-state index in [-0.39, 0.29) is 18.8 Å². The number of aliphatic hydroxyl groups excluding tert-OH is 1. The van der Waals surface area contributed by atoms with E-state index in [0.717, 1.165) is 0 Å². The molecule has 1 aliphatic heterocycles. The van der Waals surface area contributed by atoms with Crippen LogP contribution >= 0.6 is 0 Å². The number of hydrogen-bond donors (Lipinski definition) is 2. The Kier molecular flexibility index (Phi) is 4.81. The lowest BCUT2D eigenvalue weighted by molar-refractivity contribution is -0.101. The van der Waals surface area contributed by atoms with Crippen LogP contribution in [0.15, 0.2) is 12.1 Å². The monoisotopic (exact) mass is 300 g/mol.